The Morgan fingerprint density at radius 1 is 0.833 bits per heavy atom. The average Bonchev–Trinajstić information content (AvgIpc) is 3.36. The van der Waals surface area contributed by atoms with Gasteiger partial charge in [-0.05, 0) is 46.5 Å². The van der Waals surface area contributed by atoms with Crippen molar-refractivity contribution in [1.82, 2.24) is 0 Å². The molecule has 0 spiro atoms. The van der Waals surface area contributed by atoms with E-state index in [9.17, 15) is 19.2 Å². The summed E-state index contributed by atoms with van der Waals surface area (Å²) in [5.41, 5.74) is -0.324. The Balaban J connectivity index is 2.20. The summed E-state index contributed by atoms with van der Waals surface area (Å²) < 4.78 is 20.3. The van der Waals surface area contributed by atoms with Gasteiger partial charge in [0.25, 0.3) is 0 Å². The first-order valence-corrected chi connectivity index (χ1v) is 10.7. The van der Waals surface area contributed by atoms with E-state index < -0.39 is 41.5 Å². The maximum absolute atomic E-state index is 12.8. The van der Waals surface area contributed by atoms with Crippen molar-refractivity contribution in [1.29, 1.82) is 0 Å². The zero-order valence-electron chi connectivity index (χ0n) is 18.4. The standard InChI is InChI=1S/C22H32O8/c1-6-27-18(23)13(3)29-20(25)16-17(21(26)30-14(4)19(24)28-7-2)22(16,5)15-11-9-8-10-12-15/h13-15H,6-12H2,1-5H3/t13-,14-/m0/s1. The first-order chi connectivity index (χ1) is 14.2. The summed E-state index contributed by atoms with van der Waals surface area (Å²) in [4.78, 5) is 49.3. The second-order valence-corrected chi connectivity index (χ2v) is 7.89. The lowest BCUT2D eigenvalue weighted by Gasteiger charge is -2.30. The molecule has 0 amide bonds. The minimum Gasteiger partial charge on any atom is -0.463 e. The monoisotopic (exact) mass is 424 g/mol. The molecule has 8 nitrogen and oxygen atoms in total. The zero-order valence-corrected chi connectivity index (χ0v) is 18.4. The SMILES string of the molecule is CCOC(=O)[C@H](C)OC(=O)C1=C(C(=O)O[C@@H](C)C(=O)OCC)C1(C)C1CCCCC1. The number of carbonyl (C=O) groups is 4. The number of ether oxygens (including phenoxy) is 4. The second kappa shape index (κ2) is 10.1. The third-order valence-electron chi connectivity index (χ3n) is 5.86. The zero-order chi connectivity index (χ0) is 22.5. The molecule has 0 N–H and O–H groups in total. The summed E-state index contributed by atoms with van der Waals surface area (Å²) in [6, 6.07) is 0. The number of hydrogen-bond acceptors (Lipinski definition) is 8. The predicted octanol–water partition coefficient (Wildman–Crippen LogP) is 2.87. The van der Waals surface area contributed by atoms with Crippen molar-refractivity contribution in [3.05, 3.63) is 11.1 Å². The van der Waals surface area contributed by atoms with Gasteiger partial charge in [0.15, 0.2) is 12.2 Å². The fourth-order valence-electron chi connectivity index (χ4n) is 4.16. The third kappa shape index (κ3) is 5.02. The molecule has 0 radical (unpaired) electrons. The van der Waals surface area contributed by atoms with E-state index in [0.717, 1.165) is 32.1 Å². The number of esters is 4. The van der Waals surface area contributed by atoms with Gasteiger partial charge >= 0.3 is 23.9 Å². The van der Waals surface area contributed by atoms with Crippen LogP contribution >= 0.6 is 0 Å². The Morgan fingerprint density at radius 3 is 1.60 bits per heavy atom. The molecule has 2 rings (SSSR count). The van der Waals surface area contributed by atoms with Crippen LogP contribution in [0, 0.1) is 11.3 Å². The minimum absolute atomic E-state index is 0.104. The lowest BCUT2D eigenvalue weighted by Crippen LogP contribution is -2.29. The van der Waals surface area contributed by atoms with Crippen molar-refractivity contribution in [2.24, 2.45) is 11.3 Å². The van der Waals surface area contributed by atoms with E-state index in [0.29, 0.717) is 0 Å². The van der Waals surface area contributed by atoms with Crippen molar-refractivity contribution in [3.8, 4) is 0 Å². The Morgan fingerprint density at radius 2 is 1.23 bits per heavy atom. The van der Waals surface area contributed by atoms with Gasteiger partial charge in [0.05, 0.1) is 24.4 Å². The van der Waals surface area contributed by atoms with Gasteiger partial charge in [0.1, 0.15) is 0 Å². The molecular weight excluding hydrogens is 392 g/mol. The highest BCUT2D eigenvalue weighted by atomic mass is 16.6. The molecule has 1 fully saturated rings. The van der Waals surface area contributed by atoms with Crippen molar-refractivity contribution < 1.29 is 38.1 Å². The van der Waals surface area contributed by atoms with E-state index in [-0.39, 0.29) is 30.3 Å². The molecule has 0 bridgehead atoms. The Labute approximate surface area is 177 Å². The molecule has 0 aromatic heterocycles. The van der Waals surface area contributed by atoms with Crippen LogP contribution in [0.4, 0.5) is 0 Å². The van der Waals surface area contributed by atoms with Crippen LogP contribution in [0.2, 0.25) is 0 Å². The van der Waals surface area contributed by atoms with Gasteiger partial charge in [0, 0.05) is 5.41 Å². The number of rotatable bonds is 9. The van der Waals surface area contributed by atoms with E-state index in [4.69, 9.17) is 18.9 Å². The van der Waals surface area contributed by atoms with Crippen LogP contribution in [0.25, 0.3) is 0 Å². The summed E-state index contributed by atoms with van der Waals surface area (Å²) >= 11 is 0. The lowest BCUT2D eigenvalue weighted by atomic mass is 9.74. The molecular formula is C22H32O8. The van der Waals surface area contributed by atoms with E-state index in [2.05, 4.69) is 0 Å². The van der Waals surface area contributed by atoms with Crippen LogP contribution in [0.1, 0.15) is 66.7 Å². The van der Waals surface area contributed by atoms with Crippen LogP contribution in [-0.4, -0.2) is 49.3 Å². The summed E-state index contributed by atoms with van der Waals surface area (Å²) in [6.45, 7) is 8.36. The molecule has 2 atom stereocenters. The van der Waals surface area contributed by atoms with Gasteiger partial charge < -0.3 is 18.9 Å². The van der Waals surface area contributed by atoms with Crippen LogP contribution in [-0.2, 0) is 38.1 Å². The van der Waals surface area contributed by atoms with Gasteiger partial charge in [-0.25, -0.2) is 19.2 Å². The fourth-order valence-corrected chi connectivity index (χ4v) is 4.16. The van der Waals surface area contributed by atoms with Gasteiger partial charge in [-0.2, -0.15) is 0 Å². The average molecular weight is 424 g/mol. The largest absolute Gasteiger partial charge is 0.463 e. The topological polar surface area (TPSA) is 105 Å². The normalized spacial score (nSPS) is 20.0. The molecule has 168 valence electrons. The highest BCUT2D eigenvalue weighted by molar-refractivity contribution is 6.12. The molecule has 0 aromatic rings. The van der Waals surface area contributed by atoms with Gasteiger partial charge in [-0.3, -0.25) is 0 Å². The molecule has 0 unspecified atom stereocenters. The van der Waals surface area contributed by atoms with Gasteiger partial charge in [-0.15, -0.1) is 0 Å². The van der Waals surface area contributed by atoms with Crippen molar-refractivity contribution in [2.45, 2.75) is 78.9 Å². The number of carbonyl (C=O) groups excluding carboxylic acids is 4. The van der Waals surface area contributed by atoms with Gasteiger partial charge in [-0.1, -0.05) is 26.2 Å². The minimum atomic E-state index is -1.09. The molecule has 2 aliphatic carbocycles. The third-order valence-corrected chi connectivity index (χ3v) is 5.86. The Kier molecular flexibility index (Phi) is 8.03. The molecule has 0 aromatic carbocycles. The molecule has 0 heterocycles. The predicted molar refractivity (Wildman–Crippen MR) is 106 cm³/mol. The summed E-state index contributed by atoms with van der Waals surface area (Å²) in [5, 5.41) is 0. The molecule has 30 heavy (non-hydrogen) atoms. The quantitative estimate of drug-likeness (QED) is 0.411. The highest BCUT2D eigenvalue weighted by Crippen LogP contribution is 2.61. The maximum atomic E-state index is 12.8. The second-order valence-electron chi connectivity index (χ2n) is 7.89. The van der Waals surface area contributed by atoms with E-state index >= 15 is 0 Å². The number of hydrogen-bond donors (Lipinski definition) is 0. The Hall–Kier alpha value is -2.38. The molecule has 2 aliphatic rings. The lowest BCUT2D eigenvalue weighted by molar-refractivity contribution is -0.164. The van der Waals surface area contributed by atoms with Crippen molar-refractivity contribution in [2.75, 3.05) is 13.2 Å². The van der Waals surface area contributed by atoms with Crippen LogP contribution in [0.15, 0.2) is 11.1 Å². The van der Waals surface area contributed by atoms with E-state index in [1.54, 1.807) is 13.8 Å². The van der Waals surface area contributed by atoms with Crippen molar-refractivity contribution >= 4 is 23.9 Å². The van der Waals surface area contributed by atoms with Crippen molar-refractivity contribution in [3.63, 3.8) is 0 Å². The Bertz CT molecular complexity index is 669. The van der Waals surface area contributed by atoms with Crippen LogP contribution in [0.5, 0.6) is 0 Å². The molecule has 0 aliphatic heterocycles. The highest BCUT2D eigenvalue weighted by Gasteiger charge is 2.62. The van der Waals surface area contributed by atoms with Gasteiger partial charge in [0.2, 0.25) is 0 Å². The summed E-state index contributed by atoms with van der Waals surface area (Å²) in [5.74, 6) is -2.64. The van der Waals surface area contributed by atoms with E-state index in [1.165, 1.54) is 13.8 Å². The molecule has 0 saturated heterocycles. The van der Waals surface area contributed by atoms with E-state index in [1.807, 2.05) is 6.92 Å². The first-order valence-electron chi connectivity index (χ1n) is 10.7. The summed E-state index contributed by atoms with van der Waals surface area (Å²) in [7, 11) is 0. The van der Waals surface area contributed by atoms with Crippen LogP contribution in [0.3, 0.4) is 0 Å². The summed E-state index contributed by atoms with van der Waals surface area (Å²) in [6.07, 6.45) is 2.74. The van der Waals surface area contributed by atoms with Crippen LogP contribution < -0.4 is 0 Å². The fraction of sp³-hybridized carbons (Fsp3) is 0.727. The smallest absolute Gasteiger partial charge is 0.347 e. The molecule has 1 saturated carbocycles. The maximum Gasteiger partial charge on any atom is 0.347 e. The molecule has 8 heteroatoms. The first kappa shape index (κ1) is 23.9.